The molecule has 1 heterocycles. The molecule has 317 valence electrons. The second-order valence-corrected chi connectivity index (χ2v) is 12.1. The summed E-state index contributed by atoms with van der Waals surface area (Å²) in [7, 11) is -17.5. The molecule has 56 heavy (non-hydrogen) atoms. The van der Waals surface area contributed by atoms with Gasteiger partial charge in [0.2, 0.25) is 0 Å². The summed E-state index contributed by atoms with van der Waals surface area (Å²) in [4.78, 5) is 40.3. The number of rotatable bonds is 2. The number of halogens is 9. The Morgan fingerprint density at radius 2 is 0.911 bits per heavy atom. The molecule has 0 atom stereocenters. The van der Waals surface area contributed by atoms with Gasteiger partial charge < -0.3 is 29.9 Å². The summed E-state index contributed by atoms with van der Waals surface area (Å²) < 4.78 is 177. The first kappa shape index (κ1) is 63.2. The molecule has 0 unspecified atom stereocenters. The van der Waals surface area contributed by atoms with E-state index < -0.39 is 82.1 Å². The second kappa shape index (κ2) is 26.9. The van der Waals surface area contributed by atoms with Gasteiger partial charge in [0.15, 0.2) is 0 Å². The average molecular weight is 929 g/mol. The molecule has 1 aromatic carbocycles. The molecule has 1 radical (unpaired) electrons. The second-order valence-electron chi connectivity index (χ2n) is 7.83. The van der Waals surface area contributed by atoms with E-state index in [1.54, 1.807) is 12.3 Å². The van der Waals surface area contributed by atoms with Crippen molar-refractivity contribution in [3.8, 4) is 23.7 Å². The quantitative estimate of drug-likeness (QED) is 0.0923. The summed E-state index contributed by atoms with van der Waals surface area (Å²) in [5, 5.41) is 49.4. The minimum Gasteiger partial charge on any atom is -0.507 e. The summed E-state index contributed by atoms with van der Waals surface area (Å²) in [6.07, 6.45) is 1.66. The first-order valence-corrected chi connectivity index (χ1v) is 16.1. The van der Waals surface area contributed by atoms with Gasteiger partial charge in [-0.05, 0) is 37.6 Å². The van der Waals surface area contributed by atoms with E-state index in [1.165, 1.54) is 31.8 Å². The number of benzene rings is 1. The smallest absolute Gasteiger partial charge is 0.507 e. The Bertz CT molecular complexity index is 1860. The van der Waals surface area contributed by atoms with Gasteiger partial charge in [-0.25, -0.2) is 19.2 Å². The molecule has 2 rings (SSSR count). The summed E-state index contributed by atoms with van der Waals surface area (Å²) in [5.41, 5.74) is -17.3. The molecule has 2 aromatic rings. The zero-order chi connectivity index (χ0) is 45.6. The number of carbonyl (C=O) groups is 4. The van der Waals surface area contributed by atoms with Crippen molar-refractivity contribution in [2.45, 2.75) is 37.3 Å². The number of carboxylic acid groups (broad SMARTS) is 4. The molecule has 33 heteroatoms. The van der Waals surface area contributed by atoms with Gasteiger partial charge >= 0.3 is 70.8 Å². The monoisotopic (exact) mass is 928 g/mol. The number of hydrogen-bond donors (Lipinski definition) is 8. The molecule has 1 aromatic heterocycles. The predicted molar refractivity (Wildman–Crippen MR) is 157 cm³/mol. The van der Waals surface area contributed by atoms with Crippen molar-refractivity contribution in [2.75, 3.05) is 0 Å². The van der Waals surface area contributed by atoms with Crippen LogP contribution in [0.3, 0.4) is 0 Å². The van der Waals surface area contributed by atoms with Gasteiger partial charge in [-0.3, -0.25) is 13.7 Å². The van der Waals surface area contributed by atoms with Crippen molar-refractivity contribution in [3.05, 3.63) is 53.0 Å². The summed E-state index contributed by atoms with van der Waals surface area (Å²) in [5.74, 6) is -2.44. The third-order valence-corrected chi connectivity index (χ3v) is 5.39. The first-order chi connectivity index (χ1) is 24.1. The van der Waals surface area contributed by atoms with Crippen LogP contribution in [0.15, 0.2) is 34.9 Å². The fourth-order valence-corrected chi connectivity index (χ4v) is 1.66. The van der Waals surface area contributed by atoms with Crippen molar-refractivity contribution < 1.29 is 153 Å². The molecular weight excluding hydrogens is 906 g/mol. The Kier molecular flexibility index (Phi) is 30.3. The van der Waals surface area contributed by atoms with Crippen LogP contribution in [0.4, 0.5) is 39.5 Å². The maximum Gasteiger partial charge on any atom is 0.522 e. The molecular formula is C23H22F9NO19S3Sc. The fourth-order valence-electron chi connectivity index (χ4n) is 1.66. The van der Waals surface area contributed by atoms with E-state index in [4.69, 9.17) is 69.0 Å². The number of phenols is 1. The van der Waals surface area contributed by atoms with Crippen LogP contribution in [0.2, 0.25) is 0 Å². The largest absolute Gasteiger partial charge is 0.522 e. The van der Waals surface area contributed by atoms with Crippen LogP contribution in [0.1, 0.15) is 39.0 Å². The Balaban J connectivity index is -0.000000134. The van der Waals surface area contributed by atoms with Crippen molar-refractivity contribution >= 4 is 54.2 Å². The number of alkyl halides is 9. The number of carboxylic acids is 4. The number of aliphatic carboxylic acids is 2. The van der Waals surface area contributed by atoms with Crippen LogP contribution >= 0.6 is 0 Å². The van der Waals surface area contributed by atoms with Gasteiger partial charge in [0.25, 0.3) is 0 Å². The van der Waals surface area contributed by atoms with Gasteiger partial charge in [-0.15, -0.1) is 0 Å². The minimum atomic E-state index is -5.84. The van der Waals surface area contributed by atoms with E-state index in [1.807, 2.05) is 19.1 Å². The number of aryl methyl sites for hydroxylation is 2. The Hall–Kier alpha value is -4.80. The number of hydrogen-bond acceptors (Lipinski definition) is 13. The molecule has 0 fully saturated rings. The number of nitriles is 1. The Morgan fingerprint density at radius 1 is 0.643 bits per heavy atom. The predicted octanol–water partition coefficient (Wildman–Crippen LogP) is 3.55. The normalized spacial score (nSPS) is 10.5. The van der Waals surface area contributed by atoms with Crippen LogP contribution < -0.4 is 0 Å². The summed E-state index contributed by atoms with van der Waals surface area (Å²) in [6.45, 7) is 4.81. The van der Waals surface area contributed by atoms with E-state index in [9.17, 15) is 63.8 Å². The van der Waals surface area contributed by atoms with Gasteiger partial charge in [-0.1, -0.05) is 6.07 Å². The molecule has 0 aliphatic heterocycles. The zero-order valence-corrected chi connectivity index (χ0v) is 31.4. The maximum atomic E-state index is 10.7. The van der Waals surface area contributed by atoms with Gasteiger partial charge in [0.05, 0.1) is 17.9 Å². The van der Waals surface area contributed by atoms with Crippen LogP contribution in [0, 0.1) is 37.0 Å². The van der Waals surface area contributed by atoms with E-state index in [2.05, 4.69) is 0 Å². The van der Waals surface area contributed by atoms with Crippen molar-refractivity contribution in [2.24, 2.45) is 0 Å². The van der Waals surface area contributed by atoms with Crippen LogP contribution in [0.5, 0.6) is 5.75 Å². The molecule has 0 amide bonds. The zero-order valence-electron chi connectivity index (χ0n) is 27.1. The number of aromatic carboxylic acids is 2. The fraction of sp³-hybridized carbons (Fsp3) is 0.261. The number of aromatic hydroxyl groups is 1. The number of furan rings is 1. The third kappa shape index (κ3) is 32.6. The van der Waals surface area contributed by atoms with Crippen molar-refractivity contribution in [1.82, 2.24) is 0 Å². The average Bonchev–Trinajstić information content (AvgIpc) is 3.42. The minimum absolute atomic E-state index is 0. The molecule has 0 spiro atoms. The standard InChI is InChI=1S/C9H8O5.C5H6O.C4H2O4.C2H3N.3CHF3O3S.Sc/c1-4-2-3-5(10)7(9(13)14)6(4)8(11)12;1-5-3-2-4-6-5;5-3(6)1-2-4(7)8;1-2-3;3*2-1(3,4)8(5,6)7;/h2-3,10H,1H3,(H,11,12)(H,13,14);2-4H,1H3;(H,5,6)(H,7,8);1H3;3*(H,5,6,7);. The molecule has 0 saturated heterocycles. The third-order valence-electron chi connectivity index (χ3n) is 3.64. The number of nitrogens with zero attached hydrogens (tertiary/aromatic N) is 1. The first-order valence-electron chi connectivity index (χ1n) is 11.8. The molecule has 0 bridgehead atoms. The Labute approximate surface area is 325 Å². The van der Waals surface area contributed by atoms with E-state index >= 15 is 0 Å². The van der Waals surface area contributed by atoms with Crippen LogP contribution in [-0.4, -0.2) is 105 Å². The maximum absolute atomic E-state index is 10.7. The van der Waals surface area contributed by atoms with Crippen LogP contribution in [0.25, 0.3) is 0 Å². The summed E-state index contributed by atoms with van der Waals surface area (Å²) in [6, 6.07) is 8.05. The van der Waals surface area contributed by atoms with E-state index in [-0.39, 0.29) is 31.4 Å². The van der Waals surface area contributed by atoms with E-state index in [0.29, 0.717) is 5.56 Å². The Morgan fingerprint density at radius 3 is 1.04 bits per heavy atom. The molecule has 0 aliphatic carbocycles. The summed E-state index contributed by atoms with van der Waals surface area (Å²) >= 11 is 0. The van der Waals surface area contributed by atoms with Crippen molar-refractivity contribution in [3.63, 3.8) is 0 Å². The van der Waals surface area contributed by atoms with E-state index in [0.717, 1.165) is 11.8 Å². The molecule has 0 aliphatic rings. The molecule has 20 nitrogen and oxygen atoms in total. The SMILES string of the molecule is CC#N.Cc1ccc(O)c(C(=O)O)c1C(=O)O.Cc1ccco1.O=C(O)C#CC(=O)O.O=S(=O)(O)C(F)(F)F.O=S(=O)(O)C(F)(F)F.O=S(=O)(O)C(F)(F)F.[Sc]. The van der Waals surface area contributed by atoms with Gasteiger partial charge in [0, 0.05) is 44.6 Å². The van der Waals surface area contributed by atoms with Gasteiger partial charge in [-0.2, -0.15) is 70.0 Å². The van der Waals surface area contributed by atoms with Gasteiger partial charge in [0.1, 0.15) is 17.1 Å². The molecule has 0 saturated carbocycles. The van der Waals surface area contributed by atoms with Crippen LogP contribution in [-0.2, 0) is 65.8 Å². The van der Waals surface area contributed by atoms with Crippen molar-refractivity contribution in [1.29, 1.82) is 5.26 Å². The molecule has 8 N–H and O–H groups in total. The topological polar surface area (TPSA) is 369 Å².